The van der Waals surface area contributed by atoms with Crippen molar-refractivity contribution in [3.63, 3.8) is 0 Å². The molecule has 3 atom stereocenters. The Bertz CT molecular complexity index is 195. The van der Waals surface area contributed by atoms with Crippen LogP contribution in [-0.4, -0.2) is 37.1 Å². The molecule has 0 aliphatic carbocycles. The molecule has 0 N–H and O–H groups in total. The zero-order valence-electron chi connectivity index (χ0n) is 9.62. The van der Waals surface area contributed by atoms with Crippen LogP contribution in [0.5, 0.6) is 0 Å². The van der Waals surface area contributed by atoms with Gasteiger partial charge in [-0.1, -0.05) is 13.8 Å². The SMILES string of the molecule is COC(=O)[C@@H](C)N1C[C@H](C)C[C@H](C)C1. The fourth-order valence-corrected chi connectivity index (χ4v) is 2.35. The van der Waals surface area contributed by atoms with E-state index in [1.165, 1.54) is 13.5 Å². The van der Waals surface area contributed by atoms with Crippen molar-refractivity contribution < 1.29 is 9.53 Å². The first kappa shape index (κ1) is 11.5. The normalized spacial score (nSPS) is 31.1. The van der Waals surface area contributed by atoms with Crippen molar-refractivity contribution in [2.75, 3.05) is 20.2 Å². The zero-order valence-corrected chi connectivity index (χ0v) is 9.62. The number of methoxy groups -OCH3 is 1. The van der Waals surface area contributed by atoms with Gasteiger partial charge in [0.2, 0.25) is 0 Å². The zero-order chi connectivity index (χ0) is 10.7. The maximum absolute atomic E-state index is 11.4. The molecule has 0 aromatic rings. The van der Waals surface area contributed by atoms with Gasteiger partial charge in [0.15, 0.2) is 0 Å². The van der Waals surface area contributed by atoms with E-state index in [4.69, 9.17) is 4.74 Å². The Hall–Kier alpha value is -0.570. The molecule has 82 valence electrons. The Morgan fingerprint density at radius 1 is 1.36 bits per heavy atom. The second kappa shape index (κ2) is 4.78. The third-order valence-electron chi connectivity index (χ3n) is 2.99. The maximum Gasteiger partial charge on any atom is 0.322 e. The monoisotopic (exact) mass is 199 g/mol. The molecule has 14 heavy (non-hydrogen) atoms. The first-order valence-corrected chi connectivity index (χ1v) is 5.36. The molecule has 0 spiro atoms. The first-order chi connectivity index (χ1) is 6.54. The number of esters is 1. The summed E-state index contributed by atoms with van der Waals surface area (Å²) < 4.78 is 4.76. The molecule has 0 bridgehead atoms. The minimum Gasteiger partial charge on any atom is -0.468 e. The quantitative estimate of drug-likeness (QED) is 0.632. The molecule has 0 aromatic heterocycles. The van der Waals surface area contributed by atoms with Crippen LogP contribution in [0.2, 0.25) is 0 Å². The Kier molecular flexibility index (Phi) is 3.93. The molecule has 0 saturated carbocycles. The number of piperidine rings is 1. The van der Waals surface area contributed by atoms with E-state index in [9.17, 15) is 4.79 Å². The van der Waals surface area contributed by atoms with Gasteiger partial charge in [-0.2, -0.15) is 0 Å². The smallest absolute Gasteiger partial charge is 0.322 e. The number of likely N-dealkylation sites (tertiary alicyclic amines) is 1. The molecule has 0 aromatic carbocycles. The second-order valence-corrected chi connectivity index (χ2v) is 4.60. The summed E-state index contributed by atoms with van der Waals surface area (Å²) >= 11 is 0. The fourth-order valence-electron chi connectivity index (χ4n) is 2.35. The molecule has 1 fully saturated rings. The molecule has 1 aliphatic rings. The minimum absolute atomic E-state index is 0.0924. The predicted octanol–water partition coefficient (Wildman–Crippen LogP) is 1.53. The Morgan fingerprint density at radius 3 is 2.29 bits per heavy atom. The summed E-state index contributed by atoms with van der Waals surface area (Å²) in [6.45, 7) is 8.44. The van der Waals surface area contributed by atoms with E-state index in [-0.39, 0.29) is 12.0 Å². The number of ether oxygens (including phenoxy) is 1. The van der Waals surface area contributed by atoms with Crippen LogP contribution in [0.15, 0.2) is 0 Å². The van der Waals surface area contributed by atoms with Gasteiger partial charge in [0.05, 0.1) is 7.11 Å². The molecular formula is C11H21NO2. The highest BCUT2D eigenvalue weighted by Gasteiger charge is 2.28. The van der Waals surface area contributed by atoms with Gasteiger partial charge in [-0.25, -0.2) is 0 Å². The van der Waals surface area contributed by atoms with Crippen LogP contribution in [0.1, 0.15) is 27.2 Å². The van der Waals surface area contributed by atoms with Crippen molar-refractivity contribution >= 4 is 5.97 Å². The largest absolute Gasteiger partial charge is 0.468 e. The van der Waals surface area contributed by atoms with Crippen LogP contribution >= 0.6 is 0 Å². The topological polar surface area (TPSA) is 29.5 Å². The van der Waals surface area contributed by atoms with Gasteiger partial charge >= 0.3 is 5.97 Å². The third kappa shape index (κ3) is 2.71. The van der Waals surface area contributed by atoms with E-state index in [0.29, 0.717) is 11.8 Å². The first-order valence-electron chi connectivity index (χ1n) is 5.36. The number of hydrogen-bond acceptors (Lipinski definition) is 3. The molecule has 0 amide bonds. The lowest BCUT2D eigenvalue weighted by atomic mass is 9.91. The molecule has 0 unspecified atom stereocenters. The highest BCUT2D eigenvalue weighted by atomic mass is 16.5. The molecule has 1 rings (SSSR count). The van der Waals surface area contributed by atoms with E-state index < -0.39 is 0 Å². The number of rotatable bonds is 2. The highest BCUT2D eigenvalue weighted by molar-refractivity contribution is 5.75. The minimum atomic E-state index is -0.119. The van der Waals surface area contributed by atoms with Gasteiger partial charge < -0.3 is 4.74 Å². The van der Waals surface area contributed by atoms with Gasteiger partial charge in [0, 0.05) is 13.1 Å². The van der Waals surface area contributed by atoms with Crippen molar-refractivity contribution in [1.29, 1.82) is 0 Å². The summed E-state index contributed by atoms with van der Waals surface area (Å²) in [4.78, 5) is 13.6. The molecule has 1 aliphatic heterocycles. The summed E-state index contributed by atoms with van der Waals surface area (Å²) in [5.41, 5.74) is 0. The molecule has 1 heterocycles. The van der Waals surface area contributed by atoms with Crippen molar-refractivity contribution in [3.8, 4) is 0 Å². The lowest BCUT2D eigenvalue weighted by Crippen LogP contribution is -2.47. The van der Waals surface area contributed by atoms with Crippen molar-refractivity contribution in [2.45, 2.75) is 33.2 Å². The summed E-state index contributed by atoms with van der Waals surface area (Å²) in [6.07, 6.45) is 1.27. The molecule has 3 nitrogen and oxygen atoms in total. The van der Waals surface area contributed by atoms with Gasteiger partial charge in [0.25, 0.3) is 0 Å². The van der Waals surface area contributed by atoms with E-state index in [0.717, 1.165) is 13.1 Å². The van der Waals surface area contributed by atoms with Crippen molar-refractivity contribution in [3.05, 3.63) is 0 Å². The van der Waals surface area contributed by atoms with Crippen molar-refractivity contribution in [1.82, 2.24) is 4.90 Å². The van der Waals surface area contributed by atoms with Gasteiger partial charge in [-0.15, -0.1) is 0 Å². The van der Waals surface area contributed by atoms with E-state index in [1.54, 1.807) is 0 Å². The van der Waals surface area contributed by atoms with Crippen LogP contribution < -0.4 is 0 Å². The molecule has 0 radical (unpaired) electrons. The van der Waals surface area contributed by atoms with Crippen LogP contribution in [0.25, 0.3) is 0 Å². The van der Waals surface area contributed by atoms with E-state index in [1.807, 2.05) is 6.92 Å². The van der Waals surface area contributed by atoms with Gasteiger partial charge in [0.1, 0.15) is 6.04 Å². The van der Waals surface area contributed by atoms with Gasteiger partial charge in [-0.3, -0.25) is 9.69 Å². The van der Waals surface area contributed by atoms with Crippen LogP contribution in [0.3, 0.4) is 0 Å². The Balaban J connectivity index is 2.54. The van der Waals surface area contributed by atoms with Crippen molar-refractivity contribution in [2.24, 2.45) is 11.8 Å². The Labute approximate surface area is 86.4 Å². The van der Waals surface area contributed by atoms with Gasteiger partial charge in [-0.05, 0) is 25.2 Å². The standard InChI is InChI=1S/C11H21NO2/c1-8-5-9(2)7-12(6-8)10(3)11(13)14-4/h8-10H,5-7H2,1-4H3/t8-,9+,10-/m1/s1. The molecule has 1 saturated heterocycles. The molecular weight excluding hydrogens is 178 g/mol. The average Bonchev–Trinajstić information content (AvgIpc) is 2.14. The predicted molar refractivity (Wildman–Crippen MR) is 56.0 cm³/mol. The lowest BCUT2D eigenvalue weighted by molar-refractivity contribution is -0.147. The molecule has 3 heteroatoms. The van der Waals surface area contributed by atoms with Crippen LogP contribution in [0, 0.1) is 11.8 Å². The van der Waals surface area contributed by atoms with E-state index in [2.05, 4.69) is 18.7 Å². The third-order valence-corrected chi connectivity index (χ3v) is 2.99. The Morgan fingerprint density at radius 2 is 1.86 bits per heavy atom. The summed E-state index contributed by atoms with van der Waals surface area (Å²) in [5.74, 6) is 1.25. The van der Waals surface area contributed by atoms with Crippen LogP contribution in [0.4, 0.5) is 0 Å². The fraction of sp³-hybridized carbons (Fsp3) is 0.909. The number of carbonyl (C=O) groups is 1. The summed E-state index contributed by atoms with van der Waals surface area (Å²) in [6, 6.07) is -0.0924. The van der Waals surface area contributed by atoms with Crippen LogP contribution in [-0.2, 0) is 9.53 Å². The number of nitrogens with zero attached hydrogens (tertiary/aromatic N) is 1. The summed E-state index contributed by atoms with van der Waals surface area (Å²) in [7, 11) is 1.45. The number of hydrogen-bond donors (Lipinski definition) is 0. The second-order valence-electron chi connectivity index (χ2n) is 4.60. The average molecular weight is 199 g/mol. The maximum atomic E-state index is 11.4. The summed E-state index contributed by atoms with van der Waals surface area (Å²) in [5, 5.41) is 0. The van der Waals surface area contributed by atoms with E-state index >= 15 is 0 Å². The lowest BCUT2D eigenvalue weighted by Gasteiger charge is -2.37. The highest BCUT2D eigenvalue weighted by Crippen LogP contribution is 2.22. The number of carbonyl (C=O) groups excluding carboxylic acids is 1.